The van der Waals surface area contributed by atoms with E-state index in [-0.39, 0.29) is 12.8 Å². The quantitative estimate of drug-likeness (QED) is 0.325. The predicted molar refractivity (Wildman–Crippen MR) is 151 cm³/mol. The van der Waals surface area contributed by atoms with Crippen LogP contribution in [-0.4, -0.2) is 76.6 Å². The normalized spacial score (nSPS) is 16.3. The van der Waals surface area contributed by atoms with E-state index in [0.717, 1.165) is 11.1 Å². The Hall–Kier alpha value is -4.41. The molecule has 4 N–H and O–H groups in total. The Balaban J connectivity index is 1.61. The van der Waals surface area contributed by atoms with Gasteiger partial charge in [-0.15, -0.1) is 0 Å². The Kier molecular flexibility index (Phi) is 10.8. The van der Waals surface area contributed by atoms with Gasteiger partial charge in [0.1, 0.15) is 23.7 Å². The van der Waals surface area contributed by atoms with Crippen molar-refractivity contribution in [2.75, 3.05) is 13.1 Å². The number of carbonyl (C=O) groups excluding carboxylic acids is 4. The number of hydrogen-bond acceptors (Lipinski definition) is 6. The molecule has 0 saturated carbocycles. The Morgan fingerprint density at radius 2 is 1.46 bits per heavy atom. The molecule has 0 spiro atoms. The summed E-state index contributed by atoms with van der Waals surface area (Å²) in [5, 5.41) is 17.4. The first-order chi connectivity index (χ1) is 19.4. The van der Waals surface area contributed by atoms with Gasteiger partial charge in [0.25, 0.3) is 0 Å². The first kappa shape index (κ1) is 31.1. The van der Waals surface area contributed by atoms with E-state index in [9.17, 15) is 29.1 Å². The van der Waals surface area contributed by atoms with Crippen molar-refractivity contribution < 1.29 is 33.8 Å². The van der Waals surface area contributed by atoms with Crippen LogP contribution in [0.2, 0.25) is 0 Å². The lowest BCUT2D eigenvalue weighted by Crippen LogP contribution is -2.54. The lowest BCUT2D eigenvalue weighted by atomic mass is 10.1. The van der Waals surface area contributed by atoms with Crippen molar-refractivity contribution in [2.24, 2.45) is 0 Å². The van der Waals surface area contributed by atoms with E-state index >= 15 is 0 Å². The van der Waals surface area contributed by atoms with Gasteiger partial charge in [0, 0.05) is 19.4 Å². The van der Waals surface area contributed by atoms with Crippen LogP contribution < -0.4 is 16.0 Å². The zero-order valence-corrected chi connectivity index (χ0v) is 23.6. The van der Waals surface area contributed by atoms with Crippen LogP contribution in [-0.2, 0) is 36.8 Å². The average molecular weight is 567 g/mol. The molecule has 0 aromatic heterocycles. The highest BCUT2D eigenvalue weighted by Gasteiger charge is 2.36. The smallest absolute Gasteiger partial charge is 0.408 e. The third-order valence-electron chi connectivity index (χ3n) is 6.48. The van der Waals surface area contributed by atoms with Crippen molar-refractivity contribution >= 4 is 29.8 Å². The number of nitrogens with zero attached hydrogens (tertiary/aromatic N) is 1. The van der Waals surface area contributed by atoms with Gasteiger partial charge in [-0.3, -0.25) is 14.4 Å². The summed E-state index contributed by atoms with van der Waals surface area (Å²) in [4.78, 5) is 64.8. The number of carboxylic acids is 1. The molecule has 0 bridgehead atoms. The summed E-state index contributed by atoms with van der Waals surface area (Å²) in [6.07, 6.45) is 0.448. The Morgan fingerprint density at radius 1 is 0.902 bits per heavy atom. The van der Waals surface area contributed by atoms with Gasteiger partial charge in [0.15, 0.2) is 0 Å². The highest BCUT2D eigenvalue weighted by Crippen LogP contribution is 2.18. The molecule has 220 valence electrons. The highest BCUT2D eigenvalue weighted by molar-refractivity contribution is 5.93. The number of carboxylic acid groups (broad SMARTS) is 1. The van der Waals surface area contributed by atoms with Crippen LogP contribution in [0.15, 0.2) is 60.7 Å². The number of aliphatic carboxylic acids is 1. The summed E-state index contributed by atoms with van der Waals surface area (Å²) in [7, 11) is 0. The summed E-state index contributed by atoms with van der Waals surface area (Å²) in [5.74, 6) is -2.80. The maximum atomic E-state index is 13.1. The van der Waals surface area contributed by atoms with Gasteiger partial charge < -0.3 is 30.7 Å². The molecular weight excluding hydrogens is 528 g/mol. The second kappa shape index (κ2) is 14.3. The summed E-state index contributed by atoms with van der Waals surface area (Å²) in [6, 6.07) is 15.0. The summed E-state index contributed by atoms with van der Waals surface area (Å²) >= 11 is 0. The van der Waals surface area contributed by atoms with E-state index in [1.165, 1.54) is 4.90 Å². The second-order valence-corrected chi connectivity index (χ2v) is 10.9. The van der Waals surface area contributed by atoms with Crippen LogP contribution in [0.3, 0.4) is 0 Å². The maximum Gasteiger partial charge on any atom is 0.408 e. The number of likely N-dealkylation sites (tertiary alicyclic amines) is 1. The molecule has 1 aliphatic heterocycles. The molecule has 11 nitrogen and oxygen atoms in total. The Morgan fingerprint density at radius 3 is 2.00 bits per heavy atom. The predicted octanol–water partition coefficient (Wildman–Crippen LogP) is 2.04. The molecule has 4 amide bonds. The maximum absolute atomic E-state index is 13.1. The largest absolute Gasteiger partial charge is 0.480 e. The molecule has 0 radical (unpaired) electrons. The van der Waals surface area contributed by atoms with Crippen LogP contribution in [0.1, 0.15) is 44.7 Å². The lowest BCUT2D eigenvalue weighted by Gasteiger charge is -2.26. The Bertz CT molecular complexity index is 1210. The minimum absolute atomic E-state index is 0.103. The summed E-state index contributed by atoms with van der Waals surface area (Å²) < 4.78 is 5.30. The molecule has 0 aliphatic carbocycles. The van der Waals surface area contributed by atoms with Crippen molar-refractivity contribution in [3.05, 3.63) is 71.8 Å². The SMILES string of the molecule is CC(C)(C)OC(=O)NC(Cc1ccccc1)C(=O)NCC(=O)N1CCCC1C(=O)NC(Cc1ccccc1)C(=O)O. The van der Waals surface area contributed by atoms with Crippen molar-refractivity contribution in [2.45, 2.75) is 70.2 Å². The van der Waals surface area contributed by atoms with E-state index in [0.29, 0.717) is 19.4 Å². The number of rotatable bonds is 11. The van der Waals surface area contributed by atoms with E-state index in [4.69, 9.17) is 4.74 Å². The molecule has 11 heteroatoms. The number of benzene rings is 2. The molecule has 1 saturated heterocycles. The van der Waals surface area contributed by atoms with E-state index in [1.54, 1.807) is 45.0 Å². The van der Waals surface area contributed by atoms with Crippen LogP contribution in [0.25, 0.3) is 0 Å². The van der Waals surface area contributed by atoms with Crippen molar-refractivity contribution in [3.63, 3.8) is 0 Å². The molecule has 1 fully saturated rings. The van der Waals surface area contributed by atoms with E-state index in [1.807, 2.05) is 36.4 Å². The van der Waals surface area contributed by atoms with E-state index < -0.39 is 60.1 Å². The van der Waals surface area contributed by atoms with Crippen LogP contribution in [0, 0.1) is 0 Å². The zero-order chi connectivity index (χ0) is 30.0. The number of nitrogens with one attached hydrogen (secondary N) is 3. The fraction of sp³-hybridized carbons (Fsp3) is 0.433. The fourth-order valence-electron chi connectivity index (χ4n) is 4.55. The van der Waals surface area contributed by atoms with Crippen molar-refractivity contribution in [1.29, 1.82) is 0 Å². The number of alkyl carbamates (subject to hydrolysis) is 1. The first-order valence-electron chi connectivity index (χ1n) is 13.6. The monoisotopic (exact) mass is 566 g/mol. The second-order valence-electron chi connectivity index (χ2n) is 10.9. The summed E-state index contributed by atoms with van der Waals surface area (Å²) in [5.41, 5.74) is 0.794. The van der Waals surface area contributed by atoms with E-state index in [2.05, 4.69) is 16.0 Å². The number of hydrogen-bond donors (Lipinski definition) is 4. The highest BCUT2D eigenvalue weighted by atomic mass is 16.6. The molecule has 3 atom stereocenters. The van der Waals surface area contributed by atoms with Gasteiger partial charge in [0.05, 0.1) is 6.54 Å². The van der Waals surface area contributed by atoms with Gasteiger partial charge in [-0.2, -0.15) is 0 Å². The third-order valence-corrected chi connectivity index (χ3v) is 6.48. The fourth-order valence-corrected chi connectivity index (χ4v) is 4.55. The van der Waals surface area contributed by atoms with Crippen LogP contribution >= 0.6 is 0 Å². The van der Waals surface area contributed by atoms with Gasteiger partial charge >= 0.3 is 12.1 Å². The molecule has 1 heterocycles. The zero-order valence-electron chi connectivity index (χ0n) is 23.6. The molecule has 1 aliphatic rings. The van der Waals surface area contributed by atoms with Gasteiger partial charge in [-0.05, 0) is 44.7 Å². The van der Waals surface area contributed by atoms with Crippen LogP contribution in [0.5, 0.6) is 0 Å². The molecule has 3 unspecified atom stereocenters. The first-order valence-corrected chi connectivity index (χ1v) is 13.6. The minimum Gasteiger partial charge on any atom is -0.480 e. The number of ether oxygens (including phenoxy) is 1. The van der Waals surface area contributed by atoms with Gasteiger partial charge in [0.2, 0.25) is 17.7 Å². The number of carbonyl (C=O) groups is 5. The van der Waals surface area contributed by atoms with Crippen molar-refractivity contribution in [3.8, 4) is 0 Å². The molecular formula is C30H38N4O7. The lowest BCUT2D eigenvalue weighted by molar-refractivity contribution is -0.144. The number of amides is 4. The Labute approximate surface area is 239 Å². The van der Waals surface area contributed by atoms with Gasteiger partial charge in [-0.1, -0.05) is 60.7 Å². The van der Waals surface area contributed by atoms with Crippen LogP contribution in [0.4, 0.5) is 4.79 Å². The minimum atomic E-state index is -1.17. The molecule has 2 aromatic rings. The standard InChI is InChI=1S/C30H38N4O7/c1-30(2,3)41-29(40)33-22(17-20-11-6-4-7-12-20)26(36)31-19-25(35)34-16-10-15-24(34)27(37)32-23(28(38)39)18-21-13-8-5-9-14-21/h4-9,11-14,22-24H,10,15-19H2,1-3H3,(H,31,36)(H,32,37)(H,33,40)(H,38,39). The van der Waals surface area contributed by atoms with Crippen molar-refractivity contribution in [1.82, 2.24) is 20.9 Å². The van der Waals surface area contributed by atoms with Gasteiger partial charge in [-0.25, -0.2) is 9.59 Å². The molecule has 41 heavy (non-hydrogen) atoms. The molecule has 3 rings (SSSR count). The average Bonchev–Trinajstić information content (AvgIpc) is 3.41. The molecule has 2 aromatic carbocycles. The third kappa shape index (κ3) is 9.93. The topological polar surface area (TPSA) is 154 Å². The summed E-state index contributed by atoms with van der Waals surface area (Å²) in [6.45, 7) is 5.03.